The van der Waals surface area contributed by atoms with Gasteiger partial charge < -0.3 is 19.7 Å². The summed E-state index contributed by atoms with van der Waals surface area (Å²) in [4.78, 5) is 27.8. The highest BCUT2D eigenvalue weighted by molar-refractivity contribution is 7.89. The summed E-state index contributed by atoms with van der Waals surface area (Å²) in [5.41, 5.74) is 2.08. The van der Waals surface area contributed by atoms with Gasteiger partial charge in [-0.3, -0.25) is 9.59 Å². The predicted octanol–water partition coefficient (Wildman–Crippen LogP) is 3.17. The molecule has 1 aliphatic rings. The molecule has 1 aliphatic heterocycles. The van der Waals surface area contributed by atoms with Gasteiger partial charge in [0.1, 0.15) is 11.5 Å². The van der Waals surface area contributed by atoms with Crippen molar-refractivity contribution in [1.82, 2.24) is 10.0 Å². The van der Waals surface area contributed by atoms with Crippen molar-refractivity contribution in [2.45, 2.75) is 37.8 Å². The van der Waals surface area contributed by atoms with Crippen molar-refractivity contribution in [2.24, 2.45) is 0 Å². The van der Waals surface area contributed by atoms with E-state index in [1.165, 1.54) is 23.1 Å². The maximum Gasteiger partial charge on any atom is 0.265 e. The Hall–Kier alpha value is -3.89. The average molecular weight is 538 g/mol. The highest BCUT2D eigenvalue weighted by Crippen LogP contribution is 2.33. The largest absolute Gasteiger partial charge is 0.483 e. The number of amides is 2. The Morgan fingerprint density at radius 2 is 1.79 bits per heavy atom. The van der Waals surface area contributed by atoms with Gasteiger partial charge in [0.05, 0.1) is 17.1 Å². The quantitative estimate of drug-likeness (QED) is 0.411. The number of nitrogens with zero attached hydrogens (tertiary/aromatic N) is 1. The molecule has 0 saturated heterocycles. The molecule has 2 amide bonds. The third-order valence-corrected chi connectivity index (χ3v) is 7.49. The minimum absolute atomic E-state index is 0.0269. The first-order valence-corrected chi connectivity index (χ1v) is 13.9. The van der Waals surface area contributed by atoms with Crippen LogP contribution in [0.25, 0.3) is 0 Å². The van der Waals surface area contributed by atoms with Crippen molar-refractivity contribution in [3.05, 3.63) is 83.9 Å². The van der Waals surface area contributed by atoms with Crippen LogP contribution >= 0.6 is 0 Å². The zero-order chi connectivity index (χ0) is 27.1. The molecule has 3 aromatic rings. The molecular formula is C28H31N3O6S. The van der Waals surface area contributed by atoms with Crippen molar-refractivity contribution in [3.63, 3.8) is 0 Å². The van der Waals surface area contributed by atoms with Crippen LogP contribution in [0.2, 0.25) is 0 Å². The first-order valence-electron chi connectivity index (χ1n) is 12.4. The van der Waals surface area contributed by atoms with E-state index in [2.05, 4.69) is 10.0 Å². The molecule has 3 aromatic carbocycles. The number of nitrogens with one attached hydrogen (secondary N) is 2. The van der Waals surface area contributed by atoms with Gasteiger partial charge in [0.25, 0.3) is 11.8 Å². The normalized spacial score (nSPS) is 14.8. The van der Waals surface area contributed by atoms with Crippen molar-refractivity contribution in [1.29, 1.82) is 0 Å². The first-order chi connectivity index (χ1) is 18.3. The molecule has 0 fully saturated rings. The molecule has 9 nitrogen and oxygen atoms in total. The molecule has 200 valence electrons. The van der Waals surface area contributed by atoms with Gasteiger partial charge in [-0.05, 0) is 54.8 Å². The second-order valence-corrected chi connectivity index (χ2v) is 10.7. The Kier molecular flexibility index (Phi) is 8.65. The van der Waals surface area contributed by atoms with Crippen LogP contribution in [-0.4, -0.2) is 46.0 Å². The predicted molar refractivity (Wildman–Crippen MR) is 144 cm³/mol. The van der Waals surface area contributed by atoms with Crippen LogP contribution < -0.4 is 24.4 Å². The number of para-hydroxylation sites is 2. The molecule has 0 bridgehead atoms. The van der Waals surface area contributed by atoms with Crippen molar-refractivity contribution in [3.8, 4) is 11.5 Å². The molecule has 2 N–H and O–H groups in total. The number of ether oxygens (including phenoxy) is 2. The van der Waals surface area contributed by atoms with E-state index in [1.807, 2.05) is 37.3 Å². The van der Waals surface area contributed by atoms with Gasteiger partial charge in [0, 0.05) is 13.1 Å². The standard InChI is InChI=1S/C28H31N3O6S/c1-3-15-30-38(34,35)22-13-14-24(20(2)16-22)36-19-27(32)31-18-26(37-25-12-8-7-11-23(25)31)28(33)29-17-21-9-5-4-6-10-21/h4-14,16,26,30H,3,15,17-19H2,1-2H3,(H,29,33)/t26-/m1/s1. The van der Waals surface area contributed by atoms with Crippen LogP contribution in [0.3, 0.4) is 0 Å². The van der Waals surface area contributed by atoms with E-state index in [4.69, 9.17) is 9.47 Å². The van der Waals surface area contributed by atoms with Gasteiger partial charge in [0.2, 0.25) is 10.0 Å². The van der Waals surface area contributed by atoms with E-state index in [0.717, 1.165) is 5.56 Å². The van der Waals surface area contributed by atoms with Crippen LogP contribution in [-0.2, 0) is 26.2 Å². The molecule has 1 atom stereocenters. The SMILES string of the molecule is CCCNS(=O)(=O)c1ccc(OCC(=O)N2C[C@H](C(=O)NCc3ccccc3)Oc3ccccc32)c(C)c1. The number of aryl methyl sites for hydroxylation is 1. The number of sulfonamides is 1. The fourth-order valence-electron chi connectivity index (χ4n) is 3.99. The summed E-state index contributed by atoms with van der Waals surface area (Å²) >= 11 is 0. The molecular weight excluding hydrogens is 506 g/mol. The van der Waals surface area contributed by atoms with Gasteiger partial charge in [-0.1, -0.05) is 49.4 Å². The van der Waals surface area contributed by atoms with Gasteiger partial charge in [-0.2, -0.15) is 0 Å². The number of carbonyl (C=O) groups excluding carboxylic acids is 2. The van der Waals surface area contributed by atoms with E-state index in [-0.39, 0.29) is 29.9 Å². The molecule has 0 aliphatic carbocycles. The van der Waals surface area contributed by atoms with Crippen molar-refractivity contribution < 1.29 is 27.5 Å². The maximum atomic E-state index is 13.2. The molecule has 1 heterocycles. The lowest BCUT2D eigenvalue weighted by Crippen LogP contribution is -2.51. The Labute approximate surface area is 222 Å². The number of benzene rings is 3. The van der Waals surface area contributed by atoms with E-state index in [1.54, 1.807) is 31.2 Å². The van der Waals surface area contributed by atoms with E-state index >= 15 is 0 Å². The second-order valence-electron chi connectivity index (χ2n) is 8.90. The smallest absolute Gasteiger partial charge is 0.265 e. The monoisotopic (exact) mass is 537 g/mol. The number of carbonyl (C=O) groups is 2. The molecule has 0 saturated carbocycles. The van der Waals surface area contributed by atoms with Gasteiger partial charge in [0.15, 0.2) is 12.7 Å². The van der Waals surface area contributed by atoms with Gasteiger partial charge in [-0.25, -0.2) is 13.1 Å². The third-order valence-electron chi connectivity index (χ3n) is 6.03. The second kappa shape index (κ2) is 12.1. The zero-order valence-corrected chi connectivity index (χ0v) is 22.2. The van der Waals surface area contributed by atoms with Crippen LogP contribution in [0.5, 0.6) is 11.5 Å². The average Bonchev–Trinajstić information content (AvgIpc) is 2.93. The number of hydrogen-bond acceptors (Lipinski definition) is 6. The molecule has 0 unspecified atom stereocenters. The minimum atomic E-state index is -3.61. The summed E-state index contributed by atoms with van der Waals surface area (Å²) in [5.74, 6) is 0.137. The Morgan fingerprint density at radius 3 is 2.53 bits per heavy atom. The van der Waals surface area contributed by atoms with Gasteiger partial charge in [-0.15, -0.1) is 0 Å². The van der Waals surface area contributed by atoms with Gasteiger partial charge >= 0.3 is 0 Å². The summed E-state index contributed by atoms with van der Waals surface area (Å²) in [6.07, 6.45) is -0.207. The zero-order valence-electron chi connectivity index (χ0n) is 21.3. The molecule has 38 heavy (non-hydrogen) atoms. The number of hydrogen-bond donors (Lipinski definition) is 2. The first kappa shape index (κ1) is 27.2. The molecule has 10 heteroatoms. The third kappa shape index (κ3) is 6.51. The summed E-state index contributed by atoms with van der Waals surface area (Å²) in [7, 11) is -3.61. The molecule has 0 aromatic heterocycles. The lowest BCUT2D eigenvalue weighted by atomic mass is 10.1. The van der Waals surface area contributed by atoms with Crippen LogP contribution in [0.4, 0.5) is 5.69 Å². The Bertz CT molecular complexity index is 1390. The Balaban J connectivity index is 1.43. The lowest BCUT2D eigenvalue weighted by Gasteiger charge is -2.34. The number of rotatable bonds is 10. The van der Waals surface area contributed by atoms with Crippen LogP contribution in [0.15, 0.2) is 77.7 Å². The van der Waals surface area contributed by atoms with E-state index in [0.29, 0.717) is 42.3 Å². The van der Waals surface area contributed by atoms with Crippen molar-refractivity contribution >= 4 is 27.5 Å². The summed E-state index contributed by atoms with van der Waals surface area (Å²) in [6.45, 7) is 4.02. The minimum Gasteiger partial charge on any atom is -0.483 e. The van der Waals surface area contributed by atoms with E-state index < -0.39 is 16.1 Å². The lowest BCUT2D eigenvalue weighted by molar-refractivity contribution is -0.128. The topological polar surface area (TPSA) is 114 Å². The fourth-order valence-corrected chi connectivity index (χ4v) is 5.21. The van der Waals surface area contributed by atoms with Crippen molar-refractivity contribution in [2.75, 3.05) is 24.6 Å². The van der Waals surface area contributed by atoms with Crippen LogP contribution in [0.1, 0.15) is 24.5 Å². The number of anilines is 1. The molecule has 4 rings (SSSR count). The Morgan fingerprint density at radius 1 is 1.05 bits per heavy atom. The molecule has 0 spiro atoms. The summed E-state index contributed by atoms with van der Waals surface area (Å²) in [5, 5.41) is 2.87. The molecule has 0 radical (unpaired) electrons. The van der Waals surface area contributed by atoms with Crippen LogP contribution in [0, 0.1) is 6.92 Å². The summed E-state index contributed by atoms with van der Waals surface area (Å²) in [6, 6.07) is 21.0. The fraction of sp³-hybridized carbons (Fsp3) is 0.286. The number of fused-ring (bicyclic) bond motifs is 1. The summed E-state index contributed by atoms with van der Waals surface area (Å²) < 4.78 is 39.0. The highest BCUT2D eigenvalue weighted by Gasteiger charge is 2.34. The maximum absolute atomic E-state index is 13.2. The van der Waals surface area contributed by atoms with E-state index in [9.17, 15) is 18.0 Å². The highest BCUT2D eigenvalue weighted by atomic mass is 32.2.